The molecule has 2 rings (SSSR count). The summed E-state index contributed by atoms with van der Waals surface area (Å²) in [5.41, 5.74) is 1.32. The molecule has 3 nitrogen and oxygen atoms in total. The Kier molecular flexibility index (Phi) is 5.89. The van der Waals surface area contributed by atoms with Crippen LogP contribution in [0.4, 0.5) is 5.69 Å². The third-order valence-electron chi connectivity index (χ3n) is 2.74. The number of anilines is 1. The van der Waals surface area contributed by atoms with Crippen molar-refractivity contribution in [3.8, 4) is 5.75 Å². The lowest BCUT2D eigenvalue weighted by atomic mass is 10.2. The van der Waals surface area contributed by atoms with Gasteiger partial charge < -0.3 is 10.1 Å². The van der Waals surface area contributed by atoms with Crippen molar-refractivity contribution >= 4 is 56.8 Å². The van der Waals surface area contributed by atoms with Gasteiger partial charge in [0, 0.05) is 31.8 Å². The highest BCUT2D eigenvalue weighted by molar-refractivity contribution is 9.10. The number of amides is 1. The fourth-order valence-electron chi connectivity index (χ4n) is 1.81. The van der Waals surface area contributed by atoms with Gasteiger partial charge in [-0.05, 0) is 42.5 Å². The molecule has 0 spiro atoms. The lowest BCUT2D eigenvalue weighted by Crippen LogP contribution is -2.07. The molecule has 0 bridgehead atoms. The van der Waals surface area contributed by atoms with Gasteiger partial charge in [0.15, 0.2) is 0 Å². The number of methoxy groups -OCH3 is 1. The number of benzene rings is 2. The topological polar surface area (TPSA) is 38.3 Å². The first-order valence-corrected chi connectivity index (χ1v) is 7.81. The molecule has 0 radical (unpaired) electrons. The maximum Gasteiger partial charge on any atom is 0.248 e. The summed E-state index contributed by atoms with van der Waals surface area (Å²) in [4.78, 5) is 12.0. The van der Waals surface area contributed by atoms with Gasteiger partial charge in [-0.3, -0.25) is 4.79 Å². The lowest BCUT2D eigenvalue weighted by Gasteiger charge is -2.06. The third kappa shape index (κ3) is 4.77. The number of ether oxygens (including phenoxy) is 1. The molecule has 0 unspecified atom stereocenters. The number of halogens is 3. The van der Waals surface area contributed by atoms with E-state index in [0.717, 1.165) is 10.0 Å². The highest BCUT2D eigenvalue weighted by Gasteiger charge is 2.03. The molecule has 2 aromatic rings. The predicted octanol–water partition coefficient (Wildman–Crippen LogP) is 5.42. The van der Waals surface area contributed by atoms with Crippen molar-refractivity contribution in [2.24, 2.45) is 0 Å². The summed E-state index contributed by atoms with van der Waals surface area (Å²) in [6.45, 7) is 0. The van der Waals surface area contributed by atoms with Gasteiger partial charge in [-0.25, -0.2) is 0 Å². The molecule has 0 aliphatic carbocycles. The van der Waals surface area contributed by atoms with E-state index in [1.54, 1.807) is 31.4 Å². The van der Waals surface area contributed by atoms with Crippen LogP contribution in [0.25, 0.3) is 6.08 Å². The van der Waals surface area contributed by atoms with Gasteiger partial charge in [0.2, 0.25) is 5.91 Å². The average Bonchev–Trinajstić information content (AvgIpc) is 2.44. The zero-order valence-corrected chi connectivity index (χ0v) is 14.7. The van der Waals surface area contributed by atoms with Crippen LogP contribution in [0, 0.1) is 0 Å². The number of carbonyl (C=O) groups is 1. The molecule has 6 heteroatoms. The van der Waals surface area contributed by atoms with Crippen molar-refractivity contribution in [3.63, 3.8) is 0 Å². The molecular weight excluding hydrogens is 389 g/mol. The van der Waals surface area contributed by atoms with Gasteiger partial charge in [-0.2, -0.15) is 0 Å². The van der Waals surface area contributed by atoms with Crippen LogP contribution in [0.15, 0.2) is 46.9 Å². The van der Waals surface area contributed by atoms with Crippen LogP contribution in [-0.4, -0.2) is 13.0 Å². The third-order valence-corrected chi connectivity index (χ3v) is 3.67. The molecule has 0 heterocycles. The largest absolute Gasteiger partial charge is 0.496 e. The maximum atomic E-state index is 12.0. The van der Waals surface area contributed by atoms with E-state index in [1.807, 2.05) is 18.2 Å². The van der Waals surface area contributed by atoms with E-state index in [0.29, 0.717) is 21.5 Å². The minimum absolute atomic E-state index is 0.291. The number of hydrogen-bond donors (Lipinski definition) is 1. The molecule has 0 saturated heterocycles. The molecule has 0 fully saturated rings. The molecule has 1 amide bonds. The molecule has 1 N–H and O–H groups in total. The number of rotatable bonds is 4. The molecule has 0 aliphatic heterocycles. The fourth-order valence-corrected chi connectivity index (χ4v) is 2.72. The fraction of sp³-hybridized carbons (Fsp3) is 0.0625. The normalized spacial score (nSPS) is 10.7. The Morgan fingerprint density at radius 2 is 1.86 bits per heavy atom. The van der Waals surface area contributed by atoms with E-state index >= 15 is 0 Å². The van der Waals surface area contributed by atoms with Crippen molar-refractivity contribution in [1.82, 2.24) is 0 Å². The monoisotopic (exact) mass is 399 g/mol. The van der Waals surface area contributed by atoms with Gasteiger partial charge in [0.05, 0.1) is 7.11 Å². The first-order chi connectivity index (χ1) is 10.5. The Labute approximate surface area is 147 Å². The van der Waals surface area contributed by atoms with Crippen LogP contribution in [0.5, 0.6) is 5.75 Å². The van der Waals surface area contributed by atoms with Gasteiger partial charge in [-0.15, -0.1) is 0 Å². The number of nitrogens with one attached hydrogen (secondary N) is 1. The SMILES string of the molecule is COc1ccc(Br)cc1/C=C/C(=O)Nc1cc(Cl)cc(Cl)c1. The summed E-state index contributed by atoms with van der Waals surface area (Å²) in [6.07, 6.45) is 3.09. The molecule has 0 aromatic heterocycles. The predicted molar refractivity (Wildman–Crippen MR) is 94.8 cm³/mol. The molecule has 0 atom stereocenters. The summed E-state index contributed by atoms with van der Waals surface area (Å²) in [7, 11) is 1.58. The molecule has 0 saturated carbocycles. The first-order valence-electron chi connectivity index (χ1n) is 6.26. The van der Waals surface area contributed by atoms with Gasteiger partial charge in [-0.1, -0.05) is 39.1 Å². The Balaban J connectivity index is 2.13. The van der Waals surface area contributed by atoms with Gasteiger partial charge in [0.1, 0.15) is 5.75 Å². The Hall–Kier alpha value is -1.49. The van der Waals surface area contributed by atoms with Crippen molar-refractivity contribution in [1.29, 1.82) is 0 Å². The number of hydrogen-bond acceptors (Lipinski definition) is 2. The lowest BCUT2D eigenvalue weighted by molar-refractivity contribution is -0.111. The van der Waals surface area contributed by atoms with Crippen molar-refractivity contribution in [2.45, 2.75) is 0 Å². The van der Waals surface area contributed by atoms with E-state index in [4.69, 9.17) is 27.9 Å². The molecule has 2 aromatic carbocycles. The average molecular weight is 401 g/mol. The van der Waals surface area contributed by atoms with Gasteiger partial charge in [0.25, 0.3) is 0 Å². The van der Waals surface area contributed by atoms with Crippen LogP contribution in [0.3, 0.4) is 0 Å². The zero-order valence-electron chi connectivity index (χ0n) is 11.6. The highest BCUT2D eigenvalue weighted by Crippen LogP contribution is 2.25. The second kappa shape index (κ2) is 7.68. The van der Waals surface area contributed by atoms with Crippen molar-refractivity contribution in [3.05, 3.63) is 62.6 Å². The zero-order chi connectivity index (χ0) is 16.1. The first kappa shape index (κ1) is 16.9. The quantitative estimate of drug-likeness (QED) is 0.696. The van der Waals surface area contributed by atoms with Crippen LogP contribution in [-0.2, 0) is 4.79 Å². The summed E-state index contributed by atoms with van der Waals surface area (Å²) in [5, 5.41) is 3.62. The van der Waals surface area contributed by atoms with Crippen molar-refractivity contribution in [2.75, 3.05) is 12.4 Å². The van der Waals surface area contributed by atoms with Crippen LogP contribution in [0.1, 0.15) is 5.56 Å². The van der Waals surface area contributed by atoms with Gasteiger partial charge >= 0.3 is 0 Å². The van der Waals surface area contributed by atoms with Crippen LogP contribution in [0.2, 0.25) is 10.0 Å². The molecule has 114 valence electrons. The summed E-state index contributed by atoms with van der Waals surface area (Å²) in [5.74, 6) is 0.387. The molecular formula is C16H12BrCl2NO2. The minimum Gasteiger partial charge on any atom is -0.496 e. The minimum atomic E-state index is -0.291. The maximum absolute atomic E-state index is 12.0. The Morgan fingerprint density at radius 1 is 1.18 bits per heavy atom. The van der Waals surface area contributed by atoms with E-state index in [2.05, 4.69) is 21.2 Å². The smallest absolute Gasteiger partial charge is 0.248 e. The van der Waals surface area contributed by atoms with Crippen molar-refractivity contribution < 1.29 is 9.53 Å². The second-order valence-electron chi connectivity index (χ2n) is 4.37. The second-order valence-corrected chi connectivity index (χ2v) is 6.16. The van der Waals surface area contributed by atoms with Crippen LogP contribution >= 0.6 is 39.1 Å². The summed E-state index contributed by atoms with van der Waals surface area (Å²) >= 11 is 15.2. The Morgan fingerprint density at radius 3 is 2.50 bits per heavy atom. The standard InChI is InChI=1S/C16H12BrCl2NO2/c1-22-15-4-3-11(17)6-10(15)2-5-16(21)20-14-8-12(18)7-13(19)9-14/h2-9H,1H3,(H,20,21)/b5-2+. The van der Waals surface area contributed by atoms with E-state index in [1.165, 1.54) is 6.08 Å². The summed E-state index contributed by atoms with van der Waals surface area (Å²) in [6, 6.07) is 10.4. The number of carbonyl (C=O) groups excluding carboxylic acids is 1. The Bertz CT molecular complexity index is 712. The van der Waals surface area contributed by atoms with E-state index < -0.39 is 0 Å². The molecule has 0 aliphatic rings. The molecule has 22 heavy (non-hydrogen) atoms. The van der Waals surface area contributed by atoms with E-state index in [-0.39, 0.29) is 5.91 Å². The van der Waals surface area contributed by atoms with E-state index in [9.17, 15) is 4.79 Å². The summed E-state index contributed by atoms with van der Waals surface area (Å²) < 4.78 is 6.14. The highest BCUT2D eigenvalue weighted by atomic mass is 79.9. The van der Waals surface area contributed by atoms with Crippen LogP contribution < -0.4 is 10.1 Å².